The van der Waals surface area contributed by atoms with Crippen molar-refractivity contribution in [2.45, 2.75) is 12.3 Å². The van der Waals surface area contributed by atoms with E-state index in [2.05, 4.69) is 115 Å². The lowest BCUT2D eigenvalue weighted by atomic mass is 9.89. The Morgan fingerprint density at radius 2 is 1.12 bits per heavy atom. The van der Waals surface area contributed by atoms with Crippen LogP contribution in [0.3, 0.4) is 0 Å². The average molecular weight is 731 g/mol. The van der Waals surface area contributed by atoms with Gasteiger partial charge in [0.25, 0.3) is 0 Å². The minimum absolute atomic E-state index is 0.276. The molecule has 1 aliphatic carbocycles. The van der Waals surface area contributed by atoms with Gasteiger partial charge in [-0.15, -0.1) is 0 Å². The lowest BCUT2D eigenvalue weighted by Crippen LogP contribution is -2.02. The Labute approximate surface area is 325 Å². The first-order chi connectivity index (χ1) is 28.2. The van der Waals surface area contributed by atoms with Gasteiger partial charge in [0.1, 0.15) is 39.1 Å². The monoisotopic (exact) mass is 730 g/mol. The highest BCUT2D eigenvalue weighted by molar-refractivity contribution is 6.22. The quantitative estimate of drug-likeness (QED) is 0.180. The van der Waals surface area contributed by atoms with E-state index in [0.717, 1.165) is 83.6 Å². The Kier molecular flexibility index (Phi) is 6.22. The largest absolute Gasteiger partial charge is 0.456 e. The van der Waals surface area contributed by atoms with E-state index in [1.54, 1.807) is 0 Å². The lowest BCUT2D eigenvalue weighted by Gasteiger charge is -2.15. The molecule has 0 saturated carbocycles. The molecule has 0 fully saturated rings. The molecule has 1 atom stereocenters. The van der Waals surface area contributed by atoms with Crippen LogP contribution in [-0.4, -0.2) is 9.97 Å². The molecule has 0 amide bonds. The van der Waals surface area contributed by atoms with Crippen molar-refractivity contribution < 1.29 is 13.3 Å². The molecule has 0 bridgehead atoms. The van der Waals surface area contributed by atoms with Crippen LogP contribution in [0.1, 0.15) is 22.6 Å². The zero-order valence-corrected chi connectivity index (χ0v) is 30.5. The summed E-state index contributed by atoms with van der Waals surface area (Å²) in [5, 5.41) is 7.58. The zero-order chi connectivity index (χ0) is 37.2. The fraction of sp³-hybridized carbons (Fsp3) is 0.0385. The van der Waals surface area contributed by atoms with Crippen molar-refractivity contribution in [1.29, 1.82) is 0 Å². The fourth-order valence-electron chi connectivity index (χ4n) is 9.35. The smallest absolute Gasteiger partial charge is 0.180 e. The second-order valence-corrected chi connectivity index (χ2v) is 15.2. The van der Waals surface area contributed by atoms with Gasteiger partial charge in [-0.25, -0.2) is 9.97 Å². The molecule has 13 rings (SSSR count). The van der Waals surface area contributed by atoms with Crippen molar-refractivity contribution in [3.05, 3.63) is 180 Å². The molecule has 4 heterocycles. The molecule has 0 N–H and O–H groups in total. The molecule has 0 saturated heterocycles. The number of hydrogen-bond donors (Lipinski definition) is 0. The third kappa shape index (κ3) is 4.51. The highest BCUT2D eigenvalue weighted by Gasteiger charge is 2.29. The van der Waals surface area contributed by atoms with E-state index in [9.17, 15) is 0 Å². The van der Waals surface area contributed by atoms with E-state index in [0.29, 0.717) is 11.4 Å². The van der Waals surface area contributed by atoms with Gasteiger partial charge in [-0.3, -0.25) is 0 Å². The van der Waals surface area contributed by atoms with Crippen LogP contribution in [0.25, 0.3) is 110 Å². The van der Waals surface area contributed by atoms with E-state index < -0.39 is 0 Å². The average Bonchev–Trinajstić information content (AvgIpc) is 4.02. The first-order valence-corrected chi connectivity index (χ1v) is 19.4. The van der Waals surface area contributed by atoms with Gasteiger partial charge >= 0.3 is 0 Å². The molecular weight excluding hydrogens is 701 g/mol. The summed E-state index contributed by atoms with van der Waals surface area (Å²) in [7, 11) is 0. The van der Waals surface area contributed by atoms with Gasteiger partial charge < -0.3 is 13.3 Å². The highest BCUT2D eigenvalue weighted by atomic mass is 16.3. The third-order valence-electron chi connectivity index (χ3n) is 12.0. The van der Waals surface area contributed by atoms with Crippen molar-refractivity contribution in [2.75, 3.05) is 0 Å². The summed E-state index contributed by atoms with van der Waals surface area (Å²) in [6.45, 7) is 0. The maximum absolute atomic E-state index is 6.53. The van der Waals surface area contributed by atoms with Gasteiger partial charge in [-0.1, -0.05) is 103 Å². The SMILES string of the molecule is c1ccc2c(c1)-c1cc3ccccc3cc1C2Cc1ccc(-c2nc(-c3ccc4oc5ccc6c7ccccc7oc6c5c4c3)c3oc4ccccc4c3n2)cc1. The minimum atomic E-state index is 0.276. The second kappa shape index (κ2) is 11.5. The van der Waals surface area contributed by atoms with E-state index in [4.69, 9.17) is 23.2 Å². The van der Waals surface area contributed by atoms with Crippen LogP contribution in [0.5, 0.6) is 0 Å². The van der Waals surface area contributed by atoms with E-state index in [1.807, 2.05) is 48.5 Å². The molecular formula is C52H30N2O3. The number of rotatable bonds is 4. The molecule has 5 nitrogen and oxygen atoms in total. The van der Waals surface area contributed by atoms with Gasteiger partial charge in [0.2, 0.25) is 0 Å². The molecule has 12 aromatic rings. The normalized spacial score (nSPS) is 13.9. The van der Waals surface area contributed by atoms with Crippen molar-refractivity contribution in [1.82, 2.24) is 9.97 Å². The summed E-state index contributed by atoms with van der Waals surface area (Å²) in [6, 6.07) is 57.7. The van der Waals surface area contributed by atoms with Crippen molar-refractivity contribution in [2.24, 2.45) is 0 Å². The Bertz CT molecular complexity index is 3620. The number of aromatic nitrogens is 2. The van der Waals surface area contributed by atoms with Crippen molar-refractivity contribution in [3.63, 3.8) is 0 Å². The molecule has 57 heavy (non-hydrogen) atoms. The van der Waals surface area contributed by atoms with Crippen LogP contribution in [-0.2, 0) is 6.42 Å². The number of benzene rings is 8. The predicted octanol–water partition coefficient (Wildman–Crippen LogP) is 14.0. The van der Waals surface area contributed by atoms with Gasteiger partial charge in [0.15, 0.2) is 11.4 Å². The maximum atomic E-state index is 6.53. The summed E-state index contributed by atoms with van der Waals surface area (Å²) in [4.78, 5) is 10.4. The molecule has 5 heteroatoms. The summed E-state index contributed by atoms with van der Waals surface area (Å²) in [6.07, 6.45) is 0.900. The Morgan fingerprint density at radius 1 is 0.439 bits per heavy atom. The summed E-state index contributed by atoms with van der Waals surface area (Å²) in [5.41, 5.74) is 14.8. The van der Waals surface area contributed by atoms with E-state index >= 15 is 0 Å². The molecule has 1 unspecified atom stereocenters. The second-order valence-electron chi connectivity index (χ2n) is 15.2. The molecule has 8 aromatic carbocycles. The topological polar surface area (TPSA) is 65.2 Å². The van der Waals surface area contributed by atoms with Crippen LogP contribution in [0.2, 0.25) is 0 Å². The standard InChI is InChI=1S/C52H30N2O3/c1-2-10-32-27-41-39(34-11-3-4-12-35(34)40(41)26-31(32)9-1)25-29-17-19-30(20-18-29)52-53-48(51-49(54-52)38-14-6-8-16-44(38)57-51)33-21-23-45-42(28-33)47-46(55-45)24-22-37-36-13-5-7-15-43(36)56-50(37)47/h1-24,26-28,39H,25H2. The van der Waals surface area contributed by atoms with E-state index in [-0.39, 0.29) is 5.92 Å². The molecule has 0 spiro atoms. The van der Waals surface area contributed by atoms with E-state index in [1.165, 1.54) is 38.6 Å². The predicted molar refractivity (Wildman–Crippen MR) is 230 cm³/mol. The van der Waals surface area contributed by atoms with Crippen molar-refractivity contribution in [3.8, 4) is 33.8 Å². The molecule has 266 valence electrons. The fourth-order valence-corrected chi connectivity index (χ4v) is 9.35. The van der Waals surface area contributed by atoms with Gasteiger partial charge in [0.05, 0.1) is 5.39 Å². The number of hydrogen-bond acceptors (Lipinski definition) is 5. The first-order valence-electron chi connectivity index (χ1n) is 19.4. The van der Waals surface area contributed by atoms with Crippen LogP contribution in [0.4, 0.5) is 0 Å². The number of fused-ring (bicyclic) bond motifs is 14. The Hall–Kier alpha value is -7.50. The lowest BCUT2D eigenvalue weighted by molar-refractivity contribution is 0.662. The molecule has 4 aromatic heterocycles. The summed E-state index contributed by atoms with van der Waals surface area (Å²) in [5.74, 6) is 0.924. The number of furan rings is 3. The van der Waals surface area contributed by atoms with Crippen LogP contribution in [0.15, 0.2) is 177 Å². The number of para-hydroxylation sites is 2. The Morgan fingerprint density at radius 3 is 2.00 bits per heavy atom. The number of nitrogens with zero attached hydrogens (tertiary/aromatic N) is 2. The van der Waals surface area contributed by atoms with Gasteiger partial charge in [-0.2, -0.15) is 0 Å². The molecule has 0 radical (unpaired) electrons. The van der Waals surface area contributed by atoms with Crippen LogP contribution >= 0.6 is 0 Å². The van der Waals surface area contributed by atoms with Crippen molar-refractivity contribution >= 4 is 76.7 Å². The van der Waals surface area contributed by atoms with Gasteiger partial charge in [-0.05, 0) is 106 Å². The first kappa shape index (κ1) is 30.8. The summed E-state index contributed by atoms with van der Waals surface area (Å²) >= 11 is 0. The summed E-state index contributed by atoms with van der Waals surface area (Å²) < 4.78 is 19.4. The van der Waals surface area contributed by atoms with Crippen LogP contribution < -0.4 is 0 Å². The zero-order valence-electron chi connectivity index (χ0n) is 30.5. The minimum Gasteiger partial charge on any atom is -0.456 e. The Balaban J connectivity index is 0.936. The third-order valence-corrected chi connectivity index (χ3v) is 12.0. The highest BCUT2D eigenvalue weighted by Crippen LogP contribution is 2.48. The molecule has 1 aliphatic rings. The maximum Gasteiger partial charge on any atom is 0.180 e. The van der Waals surface area contributed by atoms with Gasteiger partial charge in [0, 0.05) is 38.6 Å². The molecule has 0 aliphatic heterocycles. The van der Waals surface area contributed by atoms with Crippen LogP contribution in [0, 0.1) is 0 Å².